The first-order valence-corrected chi connectivity index (χ1v) is 5.72. The molecule has 92 valence electrons. The van der Waals surface area contributed by atoms with Crippen LogP contribution in [0.3, 0.4) is 0 Å². The minimum atomic E-state index is -0.784. The average molecular weight is 256 g/mol. The zero-order valence-corrected chi connectivity index (χ0v) is 10.4. The molecule has 0 fully saturated rings. The lowest BCUT2D eigenvalue weighted by atomic mass is 10.0. The van der Waals surface area contributed by atoms with Crippen LogP contribution >= 0.6 is 11.6 Å². The van der Waals surface area contributed by atoms with Crippen molar-refractivity contribution in [2.75, 3.05) is 11.9 Å². The van der Waals surface area contributed by atoms with E-state index in [2.05, 4.69) is 25.5 Å². The zero-order valence-electron chi connectivity index (χ0n) is 9.66. The van der Waals surface area contributed by atoms with E-state index in [4.69, 9.17) is 11.6 Å². The first-order chi connectivity index (χ1) is 8.02. The van der Waals surface area contributed by atoms with Crippen LogP contribution in [0.5, 0.6) is 0 Å². The maximum absolute atomic E-state index is 9.91. The van der Waals surface area contributed by atoms with Crippen LogP contribution in [-0.2, 0) is 0 Å². The van der Waals surface area contributed by atoms with Gasteiger partial charge < -0.3 is 10.4 Å². The molecular weight excluding hydrogens is 242 g/mol. The Morgan fingerprint density at radius 3 is 3.00 bits per heavy atom. The number of rotatable bonds is 4. The first kappa shape index (κ1) is 12.1. The van der Waals surface area contributed by atoms with Gasteiger partial charge in [0.05, 0.1) is 17.2 Å². The van der Waals surface area contributed by atoms with Crippen molar-refractivity contribution in [3.63, 3.8) is 0 Å². The van der Waals surface area contributed by atoms with Crippen molar-refractivity contribution in [1.82, 2.24) is 20.2 Å². The molecule has 6 nitrogen and oxygen atoms in total. The lowest BCUT2D eigenvalue weighted by Crippen LogP contribution is -2.32. The van der Waals surface area contributed by atoms with E-state index in [1.807, 2.05) is 6.92 Å². The highest BCUT2D eigenvalue weighted by Gasteiger charge is 2.18. The summed E-state index contributed by atoms with van der Waals surface area (Å²) in [5, 5.41) is 20.5. The Morgan fingerprint density at radius 1 is 1.53 bits per heavy atom. The molecule has 17 heavy (non-hydrogen) atoms. The topological polar surface area (TPSA) is 86.7 Å². The van der Waals surface area contributed by atoms with Gasteiger partial charge in [0.25, 0.3) is 0 Å². The SMILES string of the molecule is CCC(C)(O)CNc1nc(Cl)nc2[nH]ncc12. The molecule has 0 saturated heterocycles. The van der Waals surface area contributed by atoms with E-state index in [0.29, 0.717) is 24.4 Å². The predicted octanol–water partition coefficient (Wildman–Crippen LogP) is 1.58. The van der Waals surface area contributed by atoms with Gasteiger partial charge in [-0.25, -0.2) is 0 Å². The van der Waals surface area contributed by atoms with Crippen LogP contribution in [0, 0.1) is 0 Å². The molecule has 0 bridgehead atoms. The van der Waals surface area contributed by atoms with E-state index in [1.54, 1.807) is 13.1 Å². The maximum atomic E-state index is 9.91. The second-order valence-corrected chi connectivity index (χ2v) is 4.52. The molecule has 1 atom stereocenters. The lowest BCUT2D eigenvalue weighted by Gasteiger charge is -2.21. The van der Waals surface area contributed by atoms with Crippen molar-refractivity contribution in [2.24, 2.45) is 0 Å². The monoisotopic (exact) mass is 255 g/mol. The Labute approximate surface area is 103 Å². The molecule has 0 radical (unpaired) electrons. The number of hydrogen-bond acceptors (Lipinski definition) is 5. The van der Waals surface area contributed by atoms with E-state index < -0.39 is 5.60 Å². The van der Waals surface area contributed by atoms with Gasteiger partial charge in [-0.1, -0.05) is 6.92 Å². The number of nitrogens with zero attached hydrogens (tertiary/aromatic N) is 3. The molecule has 2 aromatic rings. The van der Waals surface area contributed by atoms with Gasteiger partial charge in [0.1, 0.15) is 5.82 Å². The fraction of sp³-hybridized carbons (Fsp3) is 0.500. The summed E-state index contributed by atoms with van der Waals surface area (Å²) in [6.07, 6.45) is 2.27. The number of hydrogen-bond donors (Lipinski definition) is 3. The van der Waals surface area contributed by atoms with Gasteiger partial charge in [0, 0.05) is 6.54 Å². The summed E-state index contributed by atoms with van der Waals surface area (Å²) in [4.78, 5) is 8.08. The van der Waals surface area contributed by atoms with Gasteiger partial charge in [-0.3, -0.25) is 5.10 Å². The second-order valence-electron chi connectivity index (χ2n) is 4.18. The van der Waals surface area contributed by atoms with Gasteiger partial charge in [-0.2, -0.15) is 15.1 Å². The fourth-order valence-electron chi connectivity index (χ4n) is 1.34. The van der Waals surface area contributed by atoms with Gasteiger partial charge >= 0.3 is 0 Å². The van der Waals surface area contributed by atoms with E-state index in [9.17, 15) is 5.11 Å². The molecule has 1 unspecified atom stereocenters. The normalized spacial score (nSPS) is 14.8. The van der Waals surface area contributed by atoms with Crippen molar-refractivity contribution in [3.05, 3.63) is 11.5 Å². The van der Waals surface area contributed by atoms with E-state index in [0.717, 1.165) is 5.39 Å². The third-order valence-corrected chi connectivity index (χ3v) is 2.85. The highest BCUT2D eigenvalue weighted by Crippen LogP contribution is 2.20. The Hall–Kier alpha value is -1.40. The standard InChI is InChI=1S/C10H14ClN5O/c1-3-10(2,17)5-12-7-6-4-13-16-8(6)15-9(11)14-7/h4,17H,3,5H2,1-2H3,(H2,12,13,14,15,16). The summed E-state index contributed by atoms with van der Waals surface area (Å²) in [7, 11) is 0. The number of nitrogens with one attached hydrogen (secondary N) is 2. The molecule has 0 aliphatic heterocycles. The molecule has 2 rings (SSSR count). The maximum Gasteiger partial charge on any atom is 0.226 e. The molecule has 7 heteroatoms. The molecule has 0 amide bonds. The number of aromatic amines is 1. The molecule has 0 aliphatic carbocycles. The summed E-state index contributed by atoms with van der Waals surface area (Å²) in [5.74, 6) is 0.572. The van der Waals surface area contributed by atoms with Crippen molar-refractivity contribution in [2.45, 2.75) is 25.9 Å². The predicted molar refractivity (Wildman–Crippen MR) is 66.1 cm³/mol. The Kier molecular flexibility index (Phi) is 3.17. The molecule has 2 heterocycles. The fourth-order valence-corrected chi connectivity index (χ4v) is 1.51. The first-order valence-electron chi connectivity index (χ1n) is 5.35. The molecule has 0 aromatic carbocycles. The molecule has 3 N–H and O–H groups in total. The summed E-state index contributed by atoms with van der Waals surface area (Å²) >= 11 is 5.79. The van der Waals surface area contributed by atoms with Crippen LogP contribution in [0.2, 0.25) is 5.28 Å². The molecule has 0 spiro atoms. The summed E-state index contributed by atoms with van der Waals surface area (Å²) in [6, 6.07) is 0. The van der Waals surface area contributed by atoms with Gasteiger partial charge in [-0.05, 0) is 24.9 Å². The minimum Gasteiger partial charge on any atom is -0.388 e. The van der Waals surface area contributed by atoms with Crippen LogP contribution in [0.1, 0.15) is 20.3 Å². The molecule has 0 saturated carbocycles. The van der Waals surface area contributed by atoms with E-state index in [-0.39, 0.29) is 5.28 Å². The third-order valence-electron chi connectivity index (χ3n) is 2.68. The summed E-state index contributed by atoms with van der Waals surface area (Å²) in [5.41, 5.74) is -0.211. The highest BCUT2D eigenvalue weighted by atomic mass is 35.5. The molecule has 2 aromatic heterocycles. The largest absolute Gasteiger partial charge is 0.388 e. The van der Waals surface area contributed by atoms with Crippen LogP contribution in [0.25, 0.3) is 11.0 Å². The zero-order chi connectivity index (χ0) is 12.5. The van der Waals surface area contributed by atoms with Gasteiger partial charge in [0.15, 0.2) is 5.65 Å². The average Bonchev–Trinajstić information content (AvgIpc) is 2.73. The minimum absolute atomic E-state index is 0.139. The summed E-state index contributed by atoms with van der Waals surface area (Å²) < 4.78 is 0. The van der Waals surface area contributed by atoms with Crippen molar-refractivity contribution >= 4 is 28.5 Å². The number of aromatic nitrogens is 4. The smallest absolute Gasteiger partial charge is 0.226 e. The number of anilines is 1. The Bertz CT molecular complexity index is 524. The van der Waals surface area contributed by atoms with Gasteiger partial charge in [0.2, 0.25) is 5.28 Å². The highest BCUT2D eigenvalue weighted by molar-refractivity contribution is 6.28. The van der Waals surface area contributed by atoms with Gasteiger partial charge in [-0.15, -0.1) is 0 Å². The Balaban J connectivity index is 2.26. The van der Waals surface area contributed by atoms with Crippen molar-refractivity contribution in [1.29, 1.82) is 0 Å². The number of H-pyrrole nitrogens is 1. The van der Waals surface area contributed by atoms with Crippen molar-refractivity contribution < 1.29 is 5.11 Å². The number of fused-ring (bicyclic) bond motifs is 1. The molecular formula is C10H14ClN5O. The second kappa shape index (κ2) is 4.46. The van der Waals surface area contributed by atoms with Crippen LogP contribution in [0.15, 0.2) is 6.20 Å². The third kappa shape index (κ3) is 2.65. The molecule has 0 aliphatic rings. The van der Waals surface area contributed by atoms with Crippen LogP contribution in [-0.4, -0.2) is 37.4 Å². The number of aliphatic hydroxyl groups is 1. The van der Waals surface area contributed by atoms with E-state index >= 15 is 0 Å². The summed E-state index contributed by atoms with van der Waals surface area (Å²) in [6.45, 7) is 4.06. The quantitative estimate of drug-likeness (QED) is 0.722. The van der Waals surface area contributed by atoms with Crippen LogP contribution in [0.4, 0.5) is 5.82 Å². The van der Waals surface area contributed by atoms with Crippen molar-refractivity contribution in [3.8, 4) is 0 Å². The van der Waals surface area contributed by atoms with E-state index in [1.165, 1.54) is 0 Å². The Morgan fingerprint density at radius 2 is 2.29 bits per heavy atom. The number of halogens is 1. The lowest BCUT2D eigenvalue weighted by molar-refractivity contribution is 0.0697. The van der Waals surface area contributed by atoms with Crippen LogP contribution < -0.4 is 5.32 Å².